The van der Waals surface area contributed by atoms with Crippen LogP contribution in [0.25, 0.3) is 44.2 Å². The van der Waals surface area contributed by atoms with Crippen molar-refractivity contribution >= 4 is 97.9 Å². The summed E-state index contributed by atoms with van der Waals surface area (Å²) in [5.41, 5.74) is 16.7. The molecule has 10 rings (SSSR count). The van der Waals surface area contributed by atoms with Crippen LogP contribution < -0.4 is 41.6 Å². The molecule has 0 saturated carbocycles. The van der Waals surface area contributed by atoms with Gasteiger partial charge in [-0.3, -0.25) is 53.4 Å². The number of imide groups is 1. The van der Waals surface area contributed by atoms with Crippen LogP contribution in [-0.4, -0.2) is 189 Å². The van der Waals surface area contributed by atoms with Gasteiger partial charge in [0.15, 0.2) is 12.0 Å². The zero-order valence-corrected chi connectivity index (χ0v) is 54.5. The number of nitrogens with zero attached hydrogens (tertiary/aromatic N) is 9. The Morgan fingerprint density at radius 2 is 1.52 bits per heavy atom. The Bertz CT molecular complexity index is 4550. The highest BCUT2D eigenvalue weighted by molar-refractivity contribution is 6.14. The molecule has 5 aromatic heterocycles. The first-order valence-electron chi connectivity index (χ1n) is 31.3. The number of carbonyl (C=O) groups is 9. The highest BCUT2D eigenvalue weighted by Gasteiger charge is 2.48. The number of fused-ring (bicyclic) bond motifs is 4. The maximum Gasteiger partial charge on any atom is 0.409 e. The number of imidazole rings is 1. The lowest BCUT2D eigenvalue weighted by molar-refractivity contribution is -0.271. The molecule has 33 heteroatoms. The molecule has 3 aromatic carbocycles. The molecule has 0 unspecified atom stereocenters. The largest absolute Gasteiger partial charge is 0.495 e. The topological polar surface area (TPSA) is 455 Å². The van der Waals surface area contributed by atoms with Gasteiger partial charge in [0.1, 0.15) is 47.7 Å². The number of methoxy groups -OCH3 is 1. The number of anilines is 2. The number of aliphatic hydroxyl groups is 3. The number of primary amides is 2. The average molecular weight is 1370 g/mol. The zero-order chi connectivity index (χ0) is 71.1. The summed E-state index contributed by atoms with van der Waals surface area (Å²) in [7, 11) is 2.96. The van der Waals surface area contributed by atoms with Crippen LogP contribution in [0.4, 0.5) is 16.4 Å². The first-order chi connectivity index (χ1) is 47.4. The van der Waals surface area contributed by atoms with E-state index in [1.807, 2.05) is 54.3 Å². The second-order valence-corrected chi connectivity index (χ2v) is 23.1. The third-order valence-corrected chi connectivity index (χ3v) is 16.3. The van der Waals surface area contributed by atoms with Gasteiger partial charge in [-0.05, 0) is 80.8 Å². The van der Waals surface area contributed by atoms with E-state index in [0.717, 1.165) is 39.3 Å². The number of aliphatic carboxylic acids is 1. The number of hydrogen-bond donors (Lipinski definition) is 9. The molecule has 1 fully saturated rings. The number of carbonyl (C=O) groups excluding carboxylic acids is 8. The number of nitrogens with two attached hydrogens (primary N) is 2. The minimum Gasteiger partial charge on any atom is -0.495 e. The molecule has 7 heterocycles. The van der Waals surface area contributed by atoms with Crippen molar-refractivity contribution in [1.82, 2.24) is 49.0 Å². The van der Waals surface area contributed by atoms with Gasteiger partial charge in [0.25, 0.3) is 17.7 Å². The Balaban J connectivity index is 0.859. The minimum absolute atomic E-state index is 0.0269. The summed E-state index contributed by atoms with van der Waals surface area (Å²) < 4.78 is 40.3. The van der Waals surface area contributed by atoms with E-state index in [0.29, 0.717) is 46.5 Å². The second kappa shape index (κ2) is 30.3. The lowest BCUT2D eigenvalue weighted by Crippen LogP contribution is -2.61. The summed E-state index contributed by atoms with van der Waals surface area (Å²) in [4.78, 5) is 131. The molecule has 1 saturated heterocycles. The van der Waals surface area contributed by atoms with Crippen molar-refractivity contribution in [3.05, 3.63) is 125 Å². The van der Waals surface area contributed by atoms with Gasteiger partial charge in [-0.15, -0.1) is 0 Å². The van der Waals surface area contributed by atoms with E-state index in [-0.39, 0.29) is 116 Å². The Morgan fingerprint density at radius 3 is 2.21 bits per heavy atom. The van der Waals surface area contributed by atoms with Gasteiger partial charge >= 0.3 is 12.1 Å². The molecule has 33 nitrogen and oxygen atoms in total. The fraction of sp³-hybridized carbons (Fsp3) is 0.348. The lowest BCUT2D eigenvalue weighted by atomic mass is 9.99. The van der Waals surface area contributed by atoms with E-state index >= 15 is 0 Å². The predicted octanol–water partition coefficient (Wildman–Crippen LogP) is 3.37. The number of carboxylic acid groups (broad SMARTS) is 1. The molecule has 2 aliphatic rings. The molecule has 8 amide bonds. The van der Waals surface area contributed by atoms with Crippen LogP contribution in [0.1, 0.15) is 87.2 Å². The van der Waals surface area contributed by atoms with Gasteiger partial charge in [0.05, 0.1) is 58.7 Å². The maximum absolute atomic E-state index is 14.1. The molecule has 8 aromatic rings. The van der Waals surface area contributed by atoms with E-state index in [9.17, 15) is 63.6 Å². The summed E-state index contributed by atoms with van der Waals surface area (Å²) in [5.74, 6) is -5.60. The number of amides is 8. The van der Waals surface area contributed by atoms with E-state index in [1.54, 1.807) is 29.8 Å². The quantitative estimate of drug-likeness (QED) is 0.0184. The summed E-state index contributed by atoms with van der Waals surface area (Å²) in [5, 5.41) is 55.0. The number of aryl methyl sites for hydroxylation is 4. The second-order valence-electron chi connectivity index (χ2n) is 23.1. The third kappa shape index (κ3) is 15.5. The fourth-order valence-corrected chi connectivity index (χ4v) is 11.3. The van der Waals surface area contributed by atoms with E-state index < -0.39 is 90.7 Å². The summed E-state index contributed by atoms with van der Waals surface area (Å²) in [6.45, 7) is 7.39. The summed E-state index contributed by atoms with van der Waals surface area (Å²) >= 11 is 0. The number of allylic oxidation sites excluding steroid dienone is 2. The van der Waals surface area contributed by atoms with Crippen LogP contribution in [0.5, 0.6) is 17.2 Å². The number of ether oxygens (including phenoxy) is 5. The van der Waals surface area contributed by atoms with Crippen molar-refractivity contribution < 1.29 is 91.7 Å². The van der Waals surface area contributed by atoms with Crippen LogP contribution >= 0.6 is 0 Å². The fourth-order valence-electron chi connectivity index (χ4n) is 11.3. The first kappa shape index (κ1) is 70.3. The van der Waals surface area contributed by atoms with Crippen molar-refractivity contribution in [2.45, 2.75) is 110 Å². The number of oxazole rings is 1. The van der Waals surface area contributed by atoms with Crippen molar-refractivity contribution in [3.63, 3.8) is 0 Å². The van der Waals surface area contributed by atoms with Crippen molar-refractivity contribution in [1.29, 1.82) is 0 Å². The van der Waals surface area contributed by atoms with Gasteiger partial charge in [-0.2, -0.15) is 5.10 Å². The maximum atomic E-state index is 14.1. The van der Waals surface area contributed by atoms with Crippen molar-refractivity contribution in [2.24, 2.45) is 11.5 Å². The van der Waals surface area contributed by atoms with Gasteiger partial charge in [-0.25, -0.2) is 19.6 Å². The number of benzene rings is 3. The van der Waals surface area contributed by atoms with Crippen LogP contribution in [0.15, 0.2) is 89.5 Å². The molecular formula is C66H72N14O19. The molecule has 2 aliphatic heterocycles. The molecule has 5 atom stereocenters. The minimum atomic E-state index is -2.03. The van der Waals surface area contributed by atoms with Gasteiger partial charge < -0.3 is 84.7 Å². The molecule has 520 valence electrons. The Morgan fingerprint density at radius 1 is 0.798 bits per heavy atom. The molecule has 0 bridgehead atoms. The van der Waals surface area contributed by atoms with Crippen molar-refractivity contribution in [2.75, 3.05) is 51.0 Å². The van der Waals surface area contributed by atoms with Crippen LogP contribution in [-0.2, 0) is 66.1 Å². The number of aliphatic hydroxyl groups excluding tert-OH is 3. The Hall–Kier alpha value is -11.6. The third-order valence-electron chi connectivity index (χ3n) is 16.3. The number of aromatic nitrogens is 7. The van der Waals surface area contributed by atoms with Crippen LogP contribution in [0.2, 0.25) is 0 Å². The van der Waals surface area contributed by atoms with E-state index in [1.165, 1.54) is 49.4 Å². The Kier molecular flexibility index (Phi) is 21.5. The monoisotopic (exact) mass is 1360 g/mol. The van der Waals surface area contributed by atoms with Crippen LogP contribution in [0.3, 0.4) is 0 Å². The summed E-state index contributed by atoms with van der Waals surface area (Å²) in [6.07, 6.45) is -3.14. The lowest BCUT2D eigenvalue weighted by Gasteiger charge is -2.38. The highest BCUT2D eigenvalue weighted by Crippen LogP contribution is 2.39. The van der Waals surface area contributed by atoms with Gasteiger partial charge in [0.2, 0.25) is 41.6 Å². The first-order valence-corrected chi connectivity index (χ1v) is 31.3. The van der Waals surface area contributed by atoms with E-state index in [2.05, 4.69) is 26.0 Å². The number of pyridine rings is 1. The van der Waals surface area contributed by atoms with Gasteiger partial charge in [0, 0.05) is 106 Å². The predicted molar refractivity (Wildman–Crippen MR) is 351 cm³/mol. The molecule has 0 aliphatic carbocycles. The molecule has 0 spiro atoms. The normalized spacial score (nSPS) is 16.8. The Labute approximate surface area is 562 Å². The molecule has 11 N–H and O–H groups in total. The van der Waals surface area contributed by atoms with Crippen molar-refractivity contribution in [3.8, 4) is 28.6 Å². The smallest absolute Gasteiger partial charge is 0.409 e. The molecule has 99 heavy (non-hydrogen) atoms. The standard InChI is InChI=1S/C66H72N14O19/c1-7-40-58(97-34(4)71-40)62(90)74-65-73-43-27-37(61(68)89)29-48(54(43)79(65)21-10-9-20-77-44-30-41(45-24-33(3)75-80(45)8-2)70-31-39(44)38-26-36(60(67)88)28-47(94-6)53(38)77)95-23-11-19-76(5)66(93)96-32-35-12-13-46(98-64-57(87)55(85)56(86)59(99-64)63(91)92)42(25-35)72-50(82)16-18-69-49(81)17-22-78-51(83)14-15-52(78)84/h9-10,12-15,24-31,55-57,59,64,85-87H,7-8,11,16-23,32H2,1-6H3,(H2,67,88)(H2,68,89)(H,69,81)(H,72,82)(H,91,92)(H,73,74,90)/b10-9+/t55-,56-,57+,59-,64+/m0/s1. The summed E-state index contributed by atoms with van der Waals surface area (Å²) in [6, 6.07) is 14.1. The van der Waals surface area contributed by atoms with Crippen LogP contribution in [0, 0.1) is 13.8 Å². The SMILES string of the molecule is CCc1nc(C)oc1C(=O)Nc1nc2cc(C(N)=O)cc(OCCCN(C)C(=O)OCc3ccc(O[C@@H]4O[C@H](C(=O)O)[C@@H](O)[C@H](O)[C@H]4O)c(NC(=O)CCNC(=O)CCN4C(=O)C=CC4=O)c3)c2n1C/C=C/Cn1c2cc(-c3cc(C)nn3CC)ncc2c2cc(C(N)=O)cc(OC)c21. The number of rotatable bonds is 29. The molecule has 0 radical (unpaired) electrons. The zero-order valence-electron chi connectivity index (χ0n) is 54.5. The number of nitrogens with one attached hydrogen (secondary N) is 3. The van der Waals surface area contributed by atoms with Gasteiger partial charge in [-0.1, -0.05) is 25.1 Å². The number of carboxylic acids is 1. The molecular weight excluding hydrogens is 1290 g/mol. The highest BCUT2D eigenvalue weighted by atomic mass is 16.7. The average Bonchev–Trinajstić information content (AvgIpc) is 1.60. The number of hydrogen-bond acceptors (Lipinski definition) is 22. The van der Waals surface area contributed by atoms with E-state index in [4.69, 9.17) is 49.5 Å².